The molecule has 5 fully saturated rings. The summed E-state index contributed by atoms with van der Waals surface area (Å²) in [7, 11) is -18.7. The Morgan fingerprint density at radius 1 is 0.583 bits per heavy atom. The number of H-pyrrole nitrogens is 4. The van der Waals surface area contributed by atoms with Gasteiger partial charge in [-0.25, -0.2) is 52.6 Å². The molecule has 0 aliphatic carbocycles. The quantitative estimate of drug-likeness (QED) is 0.0252. The van der Waals surface area contributed by atoms with Crippen molar-refractivity contribution in [3.63, 3.8) is 0 Å². The molecule has 8 aromatic heterocycles. The number of phosphoric ester groups is 3. The summed E-state index contributed by atoms with van der Waals surface area (Å²) in [5, 5.41) is 40.9. The van der Waals surface area contributed by atoms with E-state index >= 15 is 0 Å². The number of aromatic nitrogens is 16. The molecule has 5 saturated heterocycles. The number of hydrogen-bond donors (Lipinski definition) is 16. The Morgan fingerprint density at radius 3 is 1.73 bits per heavy atom. The Balaban J connectivity index is 0.000000350. The fourth-order valence-electron chi connectivity index (χ4n) is 11.7. The number of rotatable bonds is 24. The van der Waals surface area contributed by atoms with Crippen LogP contribution in [0.5, 0.6) is 0 Å². The van der Waals surface area contributed by atoms with Gasteiger partial charge in [0.2, 0.25) is 11.9 Å². The first kappa shape index (κ1) is 74.5. The highest BCUT2D eigenvalue weighted by atomic mass is 31.2. The lowest BCUT2D eigenvalue weighted by Crippen LogP contribution is -2.35. The van der Waals surface area contributed by atoms with Gasteiger partial charge in [0, 0.05) is 48.2 Å². The molecule has 13 heterocycles. The Kier molecular flexibility index (Phi) is 21.5. The van der Waals surface area contributed by atoms with Crippen molar-refractivity contribution in [2.45, 2.75) is 131 Å². The van der Waals surface area contributed by atoms with Crippen LogP contribution in [-0.4, -0.2) is 218 Å². The zero-order valence-corrected chi connectivity index (χ0v) is 56.2. The minimum Gasteiger partial charge on any atom is -0.394 e. The van der Waals surface area contributed by atoms with Crippen LogP contribution in [0.15, 0.2) is 66.2 Å². The van der Waals surface area contributed by atoms with Crippen molar-refractivity contribution >= 4 is 88.7 Å². The predicted octanol–water partition coefficient (Wildman–Crippen LogP) is -4.89. The maximum atomic E-state index is 14.0. The predicted molar refractivity (Wildman–Crippen MR) is 338 cm³/mol. The maximum absolute atomic E-state index is 14.0. The van der Waals surface area contributed by atoms with Gasteiger partial charge in [0.25, 0.3) is 16.7 Å². The van der Waals surface area contributed by atoms with Gasteiger partial charge in [-0.05, 0) is 13.0 Å². The number of aliphatic hydroxyl groups is 4. The molecule has 5 aliphatic heterocycles. The second-order valence-electron chi connectivity index (χ2n) is 23.3. The molecule has 20 N–H and O–H groups in total. The molecule has 0 radical (unpaired) electrons. The largest absolute Gasteiger partial charge is 0.694 e. The molecule has 0 spiro atoms. The number of aliphatic hydroxyl groups excluding tert-OH is 4. The van der Waals surface area contributed by atoms with Crippen LogP contribution in [0.25, 0.3) is 33.5 Å². The van der Waals surface area contributed by atoms with Gasteiger partial charge < -0.3 is 81.7 Å². The Labute approximate surface area is 570 Å². The van der Waals surface area contributed by atoms with E-state index in [0.717, 1.165) is 26.2 Å². The molecular formula is C49H63N20O30P4+. The lowest BCUT2D eigenvalue weighted by molar-refractivity contribution is -0.0630. The lowest BCUT2D eigenvalue weighted by atomic mass is 10.1. The van der Waals surface area contributed by atoms with E-state index in [2.05, 4.69) is 59.3 Å². The second-order valence-corrected chi connectivity index (χ2v) is 28.3. The number of imidazole rings is 3. The average molecular weight is 1540 g/mol. The Hall–Kier alpha value is -8.20. The summed E-state index contributed by atoms with van der Waals surface area (Å²) < 4.78 is 123. The summed E-state index contributed by atoms with van der Waals surface area (Å²) in [5.41, 5.74) is 17.9. The van der Waals surface area contributed by atoms with E-state index < -0.39 is 210 Å². The number of anilines is 4. The standard InChI is InChI=1S/C39H50N15O22P3.C10H12N5O8P/c1-16-8-52(39(60)50-35(16)57)28-6-19(75-77(61,62)67-10-22-17(56)4-26(71-22)53-14-45-30-32(41)43-13-44-33(30)53)23(72-28)11-69-79(65,66)76-20-7-29(54-15-46-31-34(54)48-37(42)49-36(31)58)73-24(20)12-68-78(63,64)74-18-5-27(70-21(18)9-55)51-3-2-25(40)47-38(51)59;11-9-13-6-3(7(18)14-9)12-10(19)15(6)8-5(17)4(16)2(23-8)1-22-24(20)21/h2-3,8,13-15,17-24,26-29,55-56H,4-7,9-12H2,1H3,(H,61,62)(H,63,64)(H,65,66)(H2,40,47,59)(H2,41,43,44)(H,50,57,60)(H3,42,48,49,58);2,4-5,8,16-17H,1H2,(H4-,11,12,13,14,18,19,20,21)/p+1/t17-,18-,19-,20-,21+,22+,23+,24+,26+,27+,28+,29+;2-,4-,5-,8-/m01/s1. The molecule has 50 nitrogen and oxygen atoms in total. The number of aryl methyl sites for hydroxylation is 1. The van der Waals surface area contributed by atoms with E-state index in [1.807, 2.05) is 0 Å². The number of aromatic amines is 4. The minimum atomic E-state index is -5.39. The molecule has 4 unspecified atom stereocenters. The molecule has 0 bridgehead atoms. The van der Waals surface area contributed by atoms with Crippen LogP contribution < -0.4 is 56.7 Å². The molecular weight excluding hydrogens is 1470 g/mol. The SMILES string of the molecule is Cc1cn([C@H]2C[C@H](OP(=O)(O)OC[C@H]3O[C@@H](n4cnc5c(N)ncnc54)C[C@@H]3O)[C@@H](COP(=O)(O)O[C@H]3C[C@H](n4cnc5c(=O)[nH]c(N)nc54)O[C@@H]3COP(=O)(O)O[C@H]3C[C@H](n4ccc(N)nc4=O)O[C@@H]3CO)O2)c(=O)[nH]c1=O.Nc1nc2c([nH]c(=O)n2[C@@H]2O[C@H](CO[P+](=O)O)[C@@H](O)[C@H]2O)c(=O)[nH]1. The lowest BCUT2D eigenvalue weighted by Gasteiger charge is -2.25. The number of phosphoric acid groups is 3. The van der Waals surface area contributed by atoms with E-state index in [4.69, 9.17) is 78.7 Å². The molecule has 5 aliphatic rings. The number of nitrogens with zero attached hydrogens (tertiary/aromatic N) is 12. The first-order valence-corrected chi connectivity index (χ1v) is 35.8. The fourth-order valence-corrected chi connectivity index (χ4v) is 14.9. The van der Waals surface area contributed by atoms with Gasteiger partial charge in [-0.15, -0.1) is 9.42 Å². The van der Waals surface area contributed by atoms with E-state index in [1.54, 1.807) is 0 Å². The van der Waals surface area contributed by atoms with E-state index in [0.29, 0.717) is 5.65 Å². The summed E-state index contributed by atoms with van der Waals surface area (Å²) >= 11 is 0. The molecule has 13 rings (SSSR count). The van der Waals surface area contributed by atoms with Gasteiger partial charge in [-0.2, -0.15) is 15.0 Å². The molecule has 54 heteroatoms. The fraction of sp³-hybridized carbons (Fsp3) is 0.531. The van der Waals surface area contributed by atoms with Gasteiger partial charge in [0.1, 0.15) is 110 Å². The van der Waals surface area contributed by atoms with E-state index in [1.165, 1.54) is 41.0 Å². The van der Waals surface area contributed by atoms with Gasteiger partial charge in [0.15, 0.2) is 40.0 Å². The van der Waals surface area contributed by atoms with Crippen LogP contribution in [0.2, 0.25) is 0 Å². The third-order valence-electron chi connectivity index (χ3n) is 16.6. The van der Waals surface area contributed by atoms with Crippen LogP contribution in [-0.2, 0) is 73.6 Å². The van der Waals surface area contributed by atoms with E-state index in [-0.39, 0.29) is 69.8 Å². The van der Waals surface area contributed by atoms with Crippen molar-refractivity contribution in [3.8, 4) is 0 Å². The summed E-state index contributed by atoms with van der Waals surface area (Å²) in [6.07, 6.45) is -16.6. The molecule has 103 heavy (non-hydrogen) atoms. The van der Waals surface area contributed by atoms with Crippen molar-refractivity contribution in [2.75, 3.05) is 56.0 Å². The highest BCUT2D eigenvalue weighted by molar-refractivity contribution is 7.48. The van der Waals surface area contributed by atoms with Crippen molar-refractivity contribution in [1.82, 2.24) is 77.7 Å². The topological polar surface area (TPSA) is 725 Å². The first-order valence-electron chi connectivity index (χ1n) is 30.2. The van der Waals surface area contributed by atoms with Crippen molar-refractivity contribution in [3.05, 3.63) is 106 Å². The third-order valence-corrected chi connectivity index (χ3v) is 20.0. The molecule has 8 aromatic rings. The van der Waals surface area contributed by atoms with Gasteiger partial charge in [-0.3, -0.25) is 79.7 Å². The highest BCUT2D eigenvalue weighted by Gasteiger charge is 2.50. The van der Waals surface area contributed by atoms with Crippen LogP contribution in [0.1, 0.15) is 62.4 Å². The number of ether oxygens (including phenoxy) is 5. The number of nitrogens with one attached hydrogen (secondary N) is 4. The Bertz CT molecular complexity index is 5050. The number of nitrogen functional groups attached to an aromatic ring is 4. The minimum absolute atomic E-state index is 0.0291. The smallest absolute Gasteiger partial charge is 0.394 e. The zero-order chi connectivity index (χ0) is 73.9. The average Bonchev–Trinajstić information content (AvgIpc) is 1.61. The number of nitrogens with two attached hydrogens (primary N) is 4. The zero-order valence-electron chi connectivity index (χ0n) is 52.6. The molecule has 0 aromatic carbocycles. The van der Waals surface area contributed by atoms with Gasteiger partial charge in [0.05, 0.1) is 45.2 Å². The number of hydrogen-bond acceptors (Lipinski definition) is 37. The monoisotopic (exact) mass is 1540 g/mol. The number of fused-ring (bicyclic) bond motifs is 3. The molecule has 558 valence electrons. The van der Waals surface area contributed by atoms with E-state index in [9.17, 15) is 82.1 Å². The maximum Gasteiger partial charge on any atom is 0.694 e. The van der Waals surface area contributed by atoms with Crippen LogP contribution in [0, 0.1) is 6.92 Å². The van der Waals surface area contributed by atoms with Crippen LogP contribution in [0.4, 0.5) is 23.5 Å². The van der Waals surface area contributed by atoms with Crippen molar-refractivity contribution in [2.24, 2.45) is 0 Å². The first-order chi connectivity index (χ1) is 48.7. The molecule has 0 amide bonds. The van der Waals surface area contributed by atoms with Crippen LogP contribution in [0.3, 0.4) is 0 Å². The molecule has 20 atom stereocenters. The molecule has 0 saturated carbocycles. The van der Waals surface area contributed by atoms with Gasteiger partial charge >= 0.3 is 48.8 Å². The summed E-state index contributed by atoms with van der Waals surface area (Å²) in [4.78, 5) is 153. The van der Waals surface area contributed by atoms with Crippen molar-refractivity contribution in [1.29, 1.82) is 0 Å². The summed E-state index contributed by atoms with van der Waals surface area (Å²) in [5.74, 6) is -0.554. The highest BCUT2D eigenvalue weighted by Crippen LogP contribution is 2.54. The Morgan fingerprint density at radius 2 is 1.12 bits per heavy atom. The third kappa shape index (κ3) is 16.2. The normalized spacial score (nSPS) is 29.1. The summed E-state index contributed by atoms with van der Waals surface area (Å²) in [6, 6.07) is 1.31. The van der Waals surface area contributed by atoms with Crippen LogP contribution >= 0.6 is 31.7 Å². The second kappa shape index (κ2) is 29.7. The summed E-state index contributed by atoms with van der Waals surface area (Å²) in [6.45, 7) is -2.44. The van der Waals surface area contributed by atoms with Crippen molar-refractivity contribution < 1.29 is 114 Å². The van der Waals surface area contributed by atoms with Gasteiger partial charge in [-0.1, -0.05) is 0 Å².